The summed E-state index contributed by atoms with van der Waals surface area (Å²) in [5.74, 6) is -1.56. The number of pyridine rings is 1. The lowest BCUT2D eigenvalue weighted by Gasteiger charge is -2.44. The molecule has 2 spiro atoms. The number of nitrogens with one attached hydrogen (secondary N) is 3. The molecule has 3 N–H and O–H groups in total. The van der Waals surface area contributed by atoms with Crippen molar-refractivity contribution >= 4 is 29.2 Å². The number of likely N-dealkylation sites (tertiary alicyclic amines) is 1. The Morgan fingerprint density at radius 1 is 1.05 bits per heavy atom. The van der Waals surface area contributed by atoms with Crippen LogP contribution in [0.2, 0.25) is 0 Å². The van der Waals surface area contributed by atoms with E-state index in [0.717, 1.165) is 29.2 Å². The van der Waals surface area contributed by atoms with Crippen molar-refractivity contribution in [3.8, 4) is 0 Å². The summed E-state index contributed by atoms with van der Waals surface area (Å²) in [6, 6.07) is 12.0. The molecule has 0 bridgehead atoms. The third-order valence-electron chi connectivity index (χ3n) is 9.18. The van der Waals surface area contributed by atoms with Crippen molar-refractivity contribution in [2.75, 3.05) is 23.7 Å². The quantitative estimate of drug-likeness (QED) is 0.453. The predicted octanol–water partition coefficient (Wildman–Crippen LogP) is 3.77. The van der Waals surface area contributed by atoms with Crippen molar-refractivity contribution in [3.05, 3.63) is 88.6 Å². The van der Waals surface area contributed by atoms with E-state index in [4.69, 9.17) is 0 Å². The van der Waals surface area contributed by atoms with Crippen molar-refractivity contribution < 1.29 is 23.2 Å². The van der Waals surface area contributed by atoms with E-state index in [9.17, 15) is 23.2 Å². The van der Waals surface area contributed by atoms with Gasteiger partial charge in [-0.1, -0.05) is 12.1 Å². The number of fused-ring (bicyclic) bond motifs is 3. The lowest BCUT2D eigenvalue weighted by molar-refractivity contribution is -0.147. The largest absolute Gasteiger partial charge is 0.325 e. The standard InChI is InChI=1S/C31H29F2N5O3/c32-21-11-19(12-22(33)14-21)25-6-8-31(7-2-10-35-31)29(41)38(25)17-26(39)36-23-5-4-18-15-30(16-20(18)13-23)24-3-1-9-34-27(24)37-28(30)40/h1,3-5,9,11-14,25,35H,2,6-8,10,15-17H2,(H,36,39)(H,34,37,40)/t25-,30+,31+/m0/s1. The van der Waals surface area contributed by atoms with Gasteiger partial charge in [-0.3, -0.25) is 14.4 Å². The second-order valence-electron chi connectivity index (χ2n) is 11.6. The van der Waals surface area contributed by atoms with E-state index in [0.29, 0.717) is 55.7 Å². The van der Waals surface area contributed by atoms with Crippen LogP contribution in [-0.4, -0.2) is 46.2 Å². The third-order valence-corrected chi connectivity index (χ3v) is 9.18. The summed E-state index contributed by atoms with van der Waals surface area (Å²) in [5, 5.41) is 9.13. The Balaban J connectivity index is 1.12. The second kappa shape index (κ2) is 9.44. The van der Waals surface area contributed by atoms with Crippen LogP contribution in [0.25, 0.3) is 0 Å². The Kier molecular flexibility index (Phi) is 5.93. The number of aromatic nitrogens is 1. The molecule has 0 saturated carbocycles. The minimum absolute atomic E-state index is 0.0779. The number of anilines is 2. The Labute approximate surface area is 235 Å². The van der Waals surface area contributed by atoms with Crippen molar-refractivity contribution in [1.29, 1.82) is 0 Å². The Bertz CT molecular complexity index is 1580. The fourth-order valence-electron chi connectivity index (χ4n) is 7.26. The number of rotatable bonds is 4. The van der Waals surface area contributed by atoms with Crippen LogP contribution in [-0.2, 0) is 32.6 Å². The number of piperidine rings is 1. The summed E-state index contributed by atoms with van der Waals surface area (Å²) in [6.07, 6.45) is 5.21. The first kappa shape index (κ1) is 25.8. The van der Waals surface area contributed by atoms with Gasteiger partial charge in [-0.05, 0) is 92.1 Å². The van der Waals surface area contributed by atoms with Gasteiger partial charge in [0.2, 0.25) is 17.7 Å². The van der Waals surface area contributed by atoms with E-state index in [1.54, 1.807) is 12.3 Å². The predicted molar refractivity (Wildman–Crippen MR) is 147 cm³/mol. The molecule has 0 radical (unpaired) electrons. The molecule has 2 aromatic carbocycles. The molecule has 8 nitrogen and oxygen atoms in total. The summed E-state index contributed by atoms with van der Waals surface area (Å²) < 4.78 is 28.2. The van der Waals surface area contributed by atoms with Gasteiger partial charge in [0, 0.05) is 23.5 Å². The van der Waals surface area contributed by atoms with Gasteiger partial charge >= 0.3 is 0 Å². The van der Waals surface area contributed by atoms with Gasteiger partial charge in [0.15, 0.2) is 0 Å². The fraction of sp³-hybridized carbons (Fsp3) is 0.355. The molecule has 210 valence electrons. The number of carbonyl (C=O) groups is 3. The highest BCUT2D eigenvalue weighted by Crippen LogP contribution is 2.47. The molecule has 1 aliphatic carbocycles. The van der Waals surface area contributed by atoms with Gasteiger partial charge < -0.3 is 20.9 Å². The van der Waals surface area contributed by atoms with E-state index in [-0.39, 0.29) is 18.4 Å². The summed E-state index contributed by atoms with van der Waals surface area (Å²) in [6.45, 7) is 0.452. The molecule has 2 saturated heterocycles. The molecule has 4 heterocycles. The zero-order valence-corrected chi connectivity index (χ0v) is 22.3. The molecule has 4 aliphatic rings. The van der Waals surface area contributed by atoms with Crippen LogP contribution in [0.4, 0.5) is 20.3 Å². The highest BCUT2D eigenvalue weighted by Gasteiger charge is 2.51. The summed E-state index contributed by atoms with van der Waals surface area (Å²) in [5.41, 5.74) is 2.30. The normalized spacial score (nSPS) is 26.4. The zero-order chi connectivity index (χ0) is 28.4. The second-order valence-corrected chi connectivity index (χ2v) is 11.6. The Hall–Kier alpha value is -4.18. The molecule has 1 aromatic heterocycles. The highest BCUT2D eigenvalue weighted by molar-refractivity contribution is 6.06. The molecule has 3 atom stereocenters. The van der Waals surface area contributed by atoms with Gasteiger partial charge in [-0.2, -0.15) is 0 Å². The molecule has 3 aliphatic heterocycles. The zero-order valence-electron chi connectivity index (χ0n) is 22.3. The monoisotopic (exact) mass is 557 g/mol. The number of amides is 3. The minimum atomic E-state index is -0.752. The average Bonchev–Trinajstić information content (AvgIpc) is 3.63. The molecule has 7 rings (SSSR count). The van der Waals surface area contributed by atoms with E-state index in [1.165, 1.54) is 17.0 Å². The third kappa shape index (κ3) is 4.20. The van der Waals surface area contributed by atoms with E-state index < -0.39 is 34.5 Å². The Morgan fingerprint density at radius 3 is 2.63 bits per heavy atom. The summed E-state index contributed by atoms with van der Waals surface area (Å²) in [7, 11) is 0. The topological polar surface area (TPSA) is 103 Å². The average molecular weight is 558 g/mol. The van der Waals surface area contributed by atoms with Gasteiger partial charge in [0.05, 0.1) is 17.0 Å². The van der Waals surface area contributed by atoms with Crippen LogP contribution in [0.15, 0.2) is 54.7 Å². The first-order valence-electron chi connectivity index (χ1n) is 14.0. The molecule has 10 heteroatoms. The summed E-state index contributed by atoms with van der Waals surface area (Å²) >= 11 is 0. The van der Waals surface area contributed by atoms with E-state index in [1.807, 2.05) is 24.3 Å². The number of halogens is 2. The van der Waals surface area contributed by atoms with Crippen molar-refractivity contribution in [2.24, 2.45) is 0 Å². The SMILES string of the molecule is O=C(CN1C(=O)[C@@]2(CCCN2)CC[C@H]1c1cc(F)cc(F)c1)Nc1ccc2c(c1)C[C@@]1(C2)C(=O)Nc2ncccc21. The van der Waals surface area contributed by atoms with Gasteiger partial charge in [0.25, 0.3) is 0 Å². The van der Waals surface area contributed by atoms with E-state index in [2.05, 4.69) is 20.9 Å². The van der Waals surface area contributed by atoms with Crippen LogP contribution >= 0.6 is 0 Å². The van der Waals surface area contributed by atoms with Gasteiger partial charge in [-0.15, -0.1) is 0 Å². The number of hydrogen-bond donors (Lipinski definition) is 3. The van der Waals surface area contributed by atoms with Crippen LogP contribution in [0.1, 0.15) is 54.0 Å². The minimum Gasteiger partial charge on any atom is -0.325 e. The number of benzene rings is 2. The first-order valence-corrected chi connectivity index (χ1v) is 14.0. The van der Waals surface area contributed by atoms with Crippen molar-refractivity contribution in [2.45, 2.75) is 55.5 Å². The van der Waals surface area contributed by atoms with Crippen LogP contribution < -0.4 is 16.0 Å². The lowest BCUT2D eigenvalue weighted by atomic mass is 9.79. The number of hydrogen-bond acceptors (Lipinski definition) is 5. The van der Waals surface area contributed by atoms with Crippen LogP contribution in [0.5, 0.6) is 0 Å². The fourth-order valence-corrected chi connectivity index (χ4v) is 7.26. The molecular weight excluding hydrogens is 528 g/mol. The maximum Gasteiger partial charge on any atom is 0.244 e. The van der Waals surface area contributed by atoms with Crippen molar-refractivity contribution in [3.63, 3.8) is 0 Å². The van der Waals surface area contributed by atoms with Gasteiger partial charge in [0.1, 0.15) is 24.0 Å². The van der Waals surface area contributed by atoms with Gasteiger partial charge in [-0.25, -0.2) is 13.8 Å². The van der Waals surface area contributed by atoms with Crippen LogP contribution in [0.3, 0.4) is 0 Å². The molecular formula is C31H29F2N5O3. The maximum absolute atomic E-state index is 14.1. The number of carbonyl (C=O) groups excluding carboxylic acids is 3. The highest BCUT2D eigenvalue weighted by atomic mass is 19.1. The first-order chi connectivity index (χ1) is 19.8. The lowest BCUT2D eigenvalue weighted by Crippen LogP contribution is -2.60. The van der Waals surface area contributed by atoms with Crippen molar-refractivity contribution in [1.82, 2.24) is 15.2 Å². The van der Waals surface area contributed by atoms with Crippen LogP contribution in [0, 0.1) is 11.6 Å². The maximum atomic E-state index is 14.1. The Morgan fingerprint density at radius 2 is 1.85 bits per heavy atom. The molecule has 2 fully saturated rings. The number of nitrogens with zero attached hydrogens (tertiary/aromatic N) is 2. The summed E-state index contributed by atoms with van der Waals surface area (Å²) in [4.78, 5) is 45.9. The molecule has 3 amide bonds. The molecule has 0 unspecified atom stereocenters. The molecule has 41 heavy (non-hydrogen) atoms. The van der Waals surface area contributed by atoms with E-state index >= 15 is 0 Å². The smallest absolute Gasteiger partial charge is 0.244 e. The molecule has 3 aromatic rings.